The van der Waals surface area contributed by atoms with Crippen LogP contribution < -0.4 is 0 Å². The van der Waals surface area contributed by atoms with E-state index in [-0.39, 0.29) is 23.6 Å². The maximum Gasteiger partial charge on any atom is 0.303 e. The largest absolute Gasteiger partial charge is 0.481 e. The van der Waals surface area contributed by atoms with Crippen LogP contribution in [0.15, 0.2) is 0 Å². The molecule has 0 aromatic rings. The smallest absolute Gasteiger partial charge is 0.303 e. The van der Waals surface area contributed by atoms with Crippen molar-refractivity contribution in [1.29, 1.82) is 0 Å². The number of carbonyl (C=O) groups excluding carboxylic acids is 2. The predicted octanol–water partition coefficient (Wildman–Crippen LogP) is 1.65. The van der Waals surface area contributed by atoms with Gasteiger partial charge in [-0.1, -0.05) is 11.8 Å². The third-order valence-corrected chi connectivity index (χ3v) is 4.07. The number of rotatable bonds is 8. The van der Waals surface area contributed by atoms with Gasteiger partial charge in [0.05, 0.1) is 0 Å². The summed E-state index contributed by atoms with van der Waals surface area (Å²) in [5.41, 5.74) is 0. The summed E-state index contributed by atoms with van der Waals surface area (Å²) < 4.78 is 0. The lowest BCUT2D eigenvalue weighted by molar-refractivity contribution is -0.138. The summed E-state index contributed by atoms with van der Waals surface area (Å²) in [6, 6.07) is 0.0416. The zero-order chi connectivity index (χ0) is 15.1. The number of thioether (sulfide) groups is 1. The molecule has 1 aliphatic heterocycles. The zero-order valence-corrected chi connectivity index (χ0v) is 12.8. The van der Waals surface area contributed by atoms with Crippen LogP contribution in [0, 0.1) is 0 Å². The summed E-state index contributed by atoms with van der Waals surface area (Å²) in [5.74, 6) is -0.0737. The summed E-state index contributed by atoms with van der Waals surface area (Å²) in [5, 5.41) is 8.67. The average molecular weight is 302 g/mol. The first-order valence-corrected chi connectivity index (χ1v) is 7.83. The van der Waals surface area contributed by atoms with E-state index in [1.165, 1.54) is 11.8 Å². The van der Waals surface area contributed by atoms with Gasteiger partial charge in [-0.15, -0.1) is 0 Å². The molecule has 0 atom stereocenters. The van der Waals surface area contributed by atoms with E-state index in [9.17, 15) is 14.4 Å². The van der Waals surface area contributed by atoms with Gasteiger partial charge in [0.1, 0.15) is 0 Å². The molecule has 0 unspecified atom stereocenters. The quantitative estimate of drug-likeness (QED) is 0.737. The number of hydrogen-bond donors (Lipinski definition) is 1. The summed E-state index contributed by atoms with van der Waals surface area (Å²) in [6.45, 7) is 5.43. The fourth-order valence-electron chi connectivity index (χ4n) is 2.07. The van der Waals surface area contributed by atoms with Gasteiger partial charge in [0, 0.05) is 44.3 Å². The summed E-state index contributed by atoms with van der Waals surface area (Å²) >= 11 is 1.29. The van der Waals surface area contributed by atoms with Gasteiger partial charge in [-0.25, -0.2) is 0 Å². The van der Waals surface area contributed by atoms with Crippen LogP contribution in [-0.2, 0) is 9.59 Å². The molecule has 0 aromatic heterocycles. The molecular formula is C13H22N2O4S. The first-order chi connectivity index (χ1) is 9.41. The monoisotopic (exact) mass is 302 g/mol. The first-order valence-electron chi connectivity index (χ1n) is 6.84. The van der Waals surface area contributed by atoms with Gasteiger partial charge >= 0.3 is 5.97 Å². The molecule has 1 rings (SSSR count). The van der Waals surface area contributed by atoms with Gasteiger partial charge in [-0.3, -0.25) is 14.4 Å². The minimum absolute atomic E-state index is 0.0184. The molecule has 114 valence electrons. The zero-order valence-electron chi connectivity index (χ0n) is 12.0. The van der Waals surface area contributed by atoms with Crippen molar-refractivity contribution in [2.24, 2.45) is 0 Å². The van der Waals surface area contributed by atoms with Crippen LogP contribution >= 0.6 is 11.8 Å². The maximum atomic E-state index is 12.2. The molecule has 0 bridgehead atoms. The Kier molecular flexibility index (Phi) is 6.84. The van der Waals surface area contributed by atoms with Crippen molar-refractivity contribution in [1.82, 2.24) is 9.80 Å². The normalized spacial score (nSPS) is 14.9. The highest BCUT2D eigenvalue weighted by molar-refractivity contribution is 8.13. The van der Waals surface area contributed by atoms with Gasteiger partial charge in [0.2, 0.25) is 5.91 Å². The molecule has 1 N–H and O–H groups in total. The number of carboxylic acids is 1. The Morgan fingerprint density at radius 2 is 2.10 bits per heavy atom. The molecule has 0 aliphatic carbocycles. The van der Waals surface area contributed by atoms with Crippen molar-refractivity contribution in [2.75, 3.05) is 25.4 Å². The Morgan fingerprint density at radius 3 is 2.60 bits per heavy atom. The number of hydrogen-bond acceptors (Lipinski definition) is 4. The van der Waals surface area contributed by atoms with E-state index < -0.39 is 5.97 Å². The maximum absolute atomic E-state index is 12.2. The first kappa shape index (κ1) is 16.8. The molecule has 6 nitrogen and oxygen atoms in total. The number of amides is 2. The second-order valence-corrected chi connectivity index (χ2v) is 6.08. The third-order valence-electron chi connectivity index (χ3n) is 3.17. The SMILES string of the molecule is CC(C)N(CCCC(=O)O)C(=O)CCN1CCSC1=O. The third kappa shape index (κ3) is 5.40. The van der Waals surface area contributed by atoms with Crippen molar-refractivity contribution in [2.45, 2.75) is 39.2 Å². The second kappa shape index (κ2) is 8.14. The molecule has 1 fully saturated rings. The van der Waals surface area contributed by atoms with Crippen LogP contribution in [0.4, 0.5) is 4.79 Å². The molecule has 1 aliphatic rings. The predicted molar refractivity (Wildman–Crippen MR) is 77.8 cm³/mol. The lowest BCUT2D eigenvalue weighted by atomic mass is 10.2. The molecule has 0 spiro atoms. The highest BCUT2D eigenvalue weighted by Gasteiger charge is 2.23. The highest BCUT2D eigenvalue weighted by Crippen LogP contribution is 2.17. The van der Waals surface area contributed by atoms with Crippen LogP contribution in [-0.4, -0.2) is 63.5 Å². The Labute approximate surface area is 123 Å². The minimum Gasteiger partial charge on any atom is -0.481 e. The number of carboxylic acid groups (broad SMARTS) is 1. The van der Waals surface area contributed by atoms with Gasteiger partial charge in [0.25, 0.3) is 5.24 Å². The summed E-state index contributed by atoms with van der Waals surface area (Å²) in [4.78, 5) is 37.5. The van der Waals surface area contributed by atoms with Crippen LogP contribution in [0.3, 0.4) is 0 Å². The van der Waals surface area contributed by atoms with Crippen molar-refractivity contribution in [3.05, 3.63) is 0 Å². The van der Waals surface area contributed by atoms with E-state index in [0.717, 1.165) is 5.75 Å². The summed E-state index contributed by atoms with van der Waals surface area (Å²) in [6.07, 6.45) is 0.826. The van der Waals surface area contributed by atoms with Gasteiger partial charge in [-0.2, -0.15) is 0 Å². The summed E-state index contributed by atoms with van der Waals surface area (Å²) in [7, 11) is 0. The molecule has 0 saturated carbocycles. The molecule has 2 amide bonds. The van der Waals surface area contributed by atoms with E-state index in [4.69, 9.17) is 5.11 Å². The van der Waals surface area contributed by atoms with Crippen LogP contribution in [0.25, 0.3) is 0 Å². The van der Waals surface area contributed by atoms with Crippen molar-refractivity contribution in [3.8, 4) is 0 Å². The van der Waals surface area contributed by atoms with E-state index in [1.807, 2.05) is 13.8 Å². The van der Waals surface area contributed by atoms with E-state index in [2.05, 4.69) is 0 Å². The Hall–Kier alpha value is -1.24. The van der Waals surface area contributed by atoms with Crippen LogP contribution in [0.1, 0.15) is 33.1 Å². The van der Waals surface area contributed by atoms with Crippen LogP contribution in [0.2, 0.25) is 0 Å². The molecule has 0 radical (unpaired) electrons. The fourth-order valence-corrected chi connectivity index (χ4v) is 2.93. The lowest BCUT2D eigenvalue weighted by Crippen LogP contribution is -2.39. The van der Waals surface area contributed by atoms with Crippen molar-refractivity contribution in [3.63, 3.8) is 0 Å². The Bertz CT molecular complexity index is 373. The molecule has 20 heavy (non-hydrogen) atoms. The Balaban J connectivity index is 2.39. The standard InChI is InChI=1S/C13H22N2O4S/c1-10(2)15(6-3-4-12(17)18)11(16)5-7-14-8-9-20-13(14)19/h10H,3-9H2,1-2H3,(H,17,18). The van der Waals surface area contributed by atoms with E-state index in [1.54, 1.807) is 9.80 Å². The van der Waals surface area contributed by atoms with Crippen LogP contribution in [0.5, 0.6) is 0 Å². The average Bonchev–Trinajstić information content (AvgIpc) is 2.76. The fraction of sp³-hybridized carbons (Fsp3) is 0.769. The molecule has 1 heterocycles. The van der Waals surface area contributed by atoms with Gasteiger partial charge in [-0.05, 0) is 20.3 Å². The molecular weight excluding hydrogens is 280 g/mol. The van der Waals surface area contributed by atoms with Gasteiger partial charge < -0.3 is 14.9 Å². The topological polar surface area (TPSA) is 77.9 Å². The van der Waals surface area contributed by atoms with Gasteiger partial charge in [0.15, 0.2) is 0 Å². The van der Waals surface area contributed by atoms with E-state index >= 15 is 0 Å². The highest BCUT2D eigenvalue weighted by atomic mass is 32.2. The van der Waals surface area contributed by atoms with E-state index in [0.29, 0.717) is 32.5 Å². The molecule has 0 aromatic carbocycles. The molecule has 7 heteroatoms. The number of nitrogens with zero attached hydrogens (tertiary/aromatic N) is 2. The Morgan fingerprint density at radius 1 is 1.40 bits per heavy atom. The van der Waals surface area contributed by atoms with Crippen molar-refractivity contribution < 1.29 is 19.5 Å². The number of aliphatic carboxylic acids is 1. The molecule has 1 saturated heterocycles. The number of carbonyl (C=O) groups is 3. The second-order valence-electron chi connectivity index (χ2n) is 5.03. The minimum atomic E-state index is -0.846. The lowest BCUT2D eigenvalue weighted by Gasteiger charge is -2.27. The van der Waals surface area contributed by atoms with Crippen molar-refractivity contribution >= 4 is 28.9 Å².